The lowest BCUT2D eigenvalue weighted by Crippen LogP contribution is -2.14. The normalized spacial score (nSPS) is 20.7. The third-order valence-corrected chi connectivity index (χ3v) is 4.71. The summed E-state index contributed by atoms with van der Waals surface area (Å²) in [5.74, 6) is 0.268. The number of rotatable bonds is 6. The number of carbonyl (C=O) groups excluding carboxylic acids is 1. The minimum atomic E-state index is -0.973. The average molecular weight is 376 g/mol. The maximum absolute atomic E-state index is 11.6. The number of hydrogen-bond donors (Lipinski definition) is 2. The van der Waals surface area contributed by atoms with Crippen LogP contribution in [0.4, 0.5) is 0 Å². The van der Waals surface area contributed by atoms with Gasteiger partial charge >= 0.3 is 5.97 Å². The van der Waals surface area contributed by atoms with Gasteiger partial charge in [0.1, 0.15) is 12.4 Å². The number of alkyl halides is 1. The van der Waals surface area contributed by atoms with Crippen LogP contribution in [0.5, 0.6) is 0 Å². The predicted octanol–water partition coefficient (Wildman–Crippen LogP) is 4.12. The maximum atomic E-state index is 11.6. The molecule has 1 aromatic carbocycles. The Morgan fingerprint density at radius 1 is 1.42 bits per heavy atom. The number of carbonyl (C=O) groups is 1. The second-order valence-corrected chi connectivity index (χ2v) is 7.43. The fourth-order valence-corrected chi connectivity index (χ4v) is 3.15. The van der Waals surface area contributed by atoms with Crippen molar-refractivity contribution in [3.8, 4) is 0 Å². The van der Waals surface area contributed by atoms with Crippen LogP contribution in [0.2, 0.25) is 0 Å². The summed E-state index contributed by atoms with van der Waals surface area (Å²) in [5, 5.41) is 11.4. The molecule has 138 valence electrons. The molecule has 2 N–H and O–H groups in total. The highest BCUT2D eigenvalue weighted by atomic mass is 35.5. The van der Waals surface area contributed by atoms with Crippen molar-refractivity contribution < 1.29 is 19.4 Å². The van der Waals surface area contributed by atoms with Gasteiger partial charge in [-0.25, -0.2) is 0 Å². The molecule has 1 aromatic heterocycles. The molecule has 26 heavy (non-hydrogen) atoms. The van der Waals surface area contributed by atoms with Crippen molar-refractivity contribution in [2.75, 3.05) is 7.11 Å². The first-order valence-corrected chi connectivity index (χ1v) is 8.83. The molecule has 0 amide bonds. The molecule has 0 fully saturated rings. The van der Waals surface area contributed by atoms with E-state index in [-0.39, 0.29) is 17.9 Å². The molecule has 6 heteroatoms. The fraction of sp³-hybridized carbons (Fsp3) is 0.350. The van der Waals surface area contributed by atoms with Gasteiger partial charge in [-0.3, -0.25) is 4.79 Å². The van der Waals surface area contributed by atoms with Gasteiger partial charge in [0.2, 0.25) is 0 Å². The van der Waals surface area contributed by atoms with Crippen molar-refractivity contribution >= 4 is 28.5 Å². The van der Waals surface area contributed by atoms with Crippen LogP contribution >= 0.6 is 11.6 Å². The monoisotopic (exact) mass is 375 g/mol. The summed E-state index contributed by atoms with van der Waals surface area (Å²) < 4.78 is 10.5. The van der Waals surface area contributed by atoms with Crippen molar-refractivity contribution in [2.24, 2.45) is 0 Å². The van der Waals surface area contributed by atoms with E-state index in [1.807, 2.05) is 49.4 Å². The van der Waals surface area contributed by atoms with Crippen LogP contribution in [0.15, 0.2) is 48.3 Å². The van der Waals surface area contributed by atoms with Crippen molar-refractivity contribution in [3.05, 3.63) is 59.5 Å². The van der Waals surface area contributed by atoms with E-state index >= 15 is 0 Å². The quantitative estimate of drug-likeness (QED) is 0.588. The van der Waals surface area contributed by atoms with Crippen LogP contribution in [-0.2, 0) is 20.9 Å². The number of ether oxygens (including phenoxy) is 2. The summed E-state index contributed by atoms with van der Waals surface area (Å²) in [6.45, 7) is 2.19. The number of aliphatic hydroxyl groups excluding tert-OH is 1. The molecule has 0 saturated carbocycles. The van der Waals surface area contributed by atoms with Crippen molar-refractivity contribution in [1.82, 2.24) is 4.98 Å². The van der Waals surface area contributed by atoms with Crippen LogP contribution in [0.1, 0.15) is 37.1 Å². The highest BCUT2D eigenvalue weighted by Crippen LogP contribution is 2.32. The van der Waals surface area contributed by atoms with Crippen molar-refractivity contribution in [1.29, 1.82) is 0 Å². The van der Waals surface area contributed by atoms with Gasteiger partial charge in [0.25, 0.3) is 0 Å². The van der Waals surface area contributed by atoms with Crippen LogP contribution < -0.4 is 0 Å². The zero-order valence-corrected chi connectivity index (χ0v) is 15.5. The number of aromatic nitrogens is 1. The molecule has 0 bridgehead atoms. The zero-order valence-electron chi connectivity index (χ0n) is 14.8. The van der Waals surface area contributed by atoms with Gasteiger partial charge in [0.15, 0.2) is 0 Å². The van der Waals surface area contributed by atoms with Crippen molar-refractivity contribution in [2.45, 2.75) is 37.4 Å². The van der Waals surface area contributed by atoms with E-state index in [0.717, 1.165) is 22.4 Å². The van der Waals surface area contributed by atoms with Crippen LogP contribution in [0.25, 0.3) is 10.9 Å². The van der Waals surface area contributed by atoms with Gasteiger partial charge in [-0.1, -0.05) is 24.3 Å². The Balaban J connectivity index is 1.83. The first-order valence-electron chi connectivity index (χ1n) is 8.45. The summed E-state index contributed by atoms with van der Waals surface area (Å²) in [6.07, 6.45) is 5.30. The number of aromatic amines is 1. The minimum absolute atomic E-state index is 0.113. The first kappa shape index (κ1) is 18.5. The minimum Gasteiger partial charge on any atom is -0.488 e. The number of esters is 1. The predicted molar refractivity (Wildman–Crippen MR) is 101 cm³/mol. The first-order chi connectivity index (χ1) is 12.4. The molecule has 0 saturated heterocycles. The molecule has 1 heterocycles. The number of fused-ring (bicyclic) bond motifs is 1. The maximum Gasteiger partial charge on any atom is 0.308 e. The zero-order chi connectivity index (χ0) is 18.7. The van der Waals surface area contributed by atoms with E-state index in [1.165, 1.54) is 7.11 Å². The molecular formula is C20H22ClNO4. The Kier molecular flexibility index (Phi) is 5.39. The van der Waals surface area contributed by atoms with E-state index in [0.29, 0.717) is 12.0 Å². The van der Waals surface area contributed by atoms with Gasteiger partial charge in [-0.05, 0) is 31.6 Å². The Morgan fingerprint density at radius 3 is 2.88 bits per heavy atom. The molecule has 2 aromatic rings. The second-order valence-electron chi connectivity index (χ2n) is 6.57. The summed E-state index contributed by atoms with van der Waals surface area (Å²) >= 11 is 6.27. The van der Waals surface area contributed by atoms with Crippen LogP contribution in [-0.4, -0.2) is 28.0 Å². The summed E-state index contributed by atoms with van der Waals surface area (Å²) in [5.41, 5.74) is 2.27. The molecule has 1 aliphatic carbocycles. The lowest BCUT2D eigenvalue weighted by atomic mass is 10.0. The van der Waals surface area contributed by atoms with E-state index in [2.05, 4.69) is 9.72 Å². The summed E-state index contributed by atoms with van der Waals surface area (Å²) in [6, 6.07) is 7.63. The Morgan fingerprint density at radius 2 is 2.19 bits per heavy atom. The summed E-state index contributed by atoms with van der Waals surface area (Å²) in [7, 11) is 1.31. The molecule has 2 atom stereocenters. The third-order valence-electron chi connectivity index (χ3n) is 4.43. The Bertz CT molecular complexity index is 866. The smallest absolute Gasteiger partial charge is 0.308 e. The fourth-order valence-electron chi connectivity index (χ4n) is 3.01. The van der Waals surface area contributed by atoms with E-state index in [9.17, 15) is 9.90 Å². The van der Waals surface area contributed by atoms with Gasteiger partial charge in [0.05, 0.1) is 30.2 Å². The number of nitrogens with one attached hydrogen (secondary N) is 1. The number of benzene rings is 1. The van der Waals surface area contributed by atoms with Crippen LogP contribution in [0, 0.1) is 0 Å². The number of methoxy groups -OCH3 is 1. The van der Waals surface area contributed by atoms with Crippen molar-refractivity contribution in [3.63, 3.8) is 0 Å². The highest BCUT2D eigenvalue weighted by molar-refractivity contribution is 6.25. The van der Waals surface area contributed by atoms with E-state index in [4.69, 9.17) is 16.3 Å². The molecule has 5 nitrogen and oxygen atoms in total. The SMILES string of the molecule is COC(=O)CC(O)c1c(COC2=CCC(C)(Cl)C=C2)[nH]c2ccccc12. The molecule has 1 aliphatic rings. The number of halogens is 1. The largest absolute Gasteiger partial charge is 0.488 e. The topological polar surface area (TPSA) is 71.6 Å². The average Bonchev–Trinajstić information content (AvgIpc) is 2.99. The number of aliphatic hydroxyl groups is 1. The Labute approximate surface area is 157 Å². The van der Waals surface area contributed by atoms with Gasteiger partial charge in [-0.2, -0.15) is 0 Å². The molecule has 3 rings (SSSR count). The number of H-pyrrole nitrogens is 1. The number of hydrogen-bond acceptors (Lipinski definition) is 4. The molecule has 0 aliphatic heterocycles. The molecule has 0 spiro atoms. The number of para-hydroxylation sites is 1. The highest BCUT2D eigenvalue weighted by Gasteiger charge is 2.23. The standard InChI is InChI=1S/C20H22ClNO4/c1-20(21)9-7-13(8-10-20)26-12-16-19(17(23)11-18(24)25-2)14-5-3-4-6-15(14)22-16/h3-9,17,22-23H,10-12H2,1-2H3. The molecule has 0 radical (unpaired) electrons. The van der Waals surface area contributed by atoms with Gasteiger partial charge in [-0.15, -0.1) is 11.6 Å². The van der Waals surface area contributed by atoms with Gasteiger partial charge in [0, 0.05) is 16.5 Å². The lowest BCUT2D eigenvalue weighted by molar-refractivity contribution is -0.142. The van der Waals surface area contributed by atoms with Crippen LogP contribution in [0.3, 0.4) is 0 Å². The van der Waals surface area contributed by atoms with Gasteiger partial charge < -0.3 is 19.6 Å². The van der Waals surface area contributed by atoms with E-state index < -0.39 is 12.1 Å². The lowest BCUT2D eigenvalue weighted by Gasteiger charge is -2.20. The van der Waals surface area contributed by atoms with E-state index in [1.54, 1.807) is 0 Å². The number of allylic oxidation sites excluding steroid dienone is 3. The second kappa shape index (κ2) is 7.56. The summed E-state index contributed by atoms with van der Waals surface area (Å²) in [4.78, 5) is 14.5. The molecule has 2 unspecified atom stereocenters. The Hall–Kier alpha value is -2.24. The third kappa shape index (κ3) is 4.11. The molecular weight excluding hydrogens is 354 g/mol.